The molecule has 0 saturated carbocycles. The van der Waals surface area contributed by atoms with Gasteiger partial charge < -0.3 is 10.1 Å². The zero-order valence-electron chi connectivity index (χ0n) is 13.3. The lowest BCUT2D eigenvalue weighted by molar-refractivity contribution is 0.0730. The summed E-state index contributed by atoms with van der Waals surface area (Å²) < 4.78 is 32.3. The van der Waals surface area contributed by atoms with Crippen molar-refractivity contribution in [3.05, 3.63) is 59.1 Å². The normalized spacial score (nSPS) is 15.7. The first kappa shape index (κ1) is 17.9. The number of hydrogen-bond acceptors (Lipinski definition) is 4. The van der Waals surface area contributed by atoms with Crippen molar-refractivity contribution in [1.82, 2.24) is 4.31 Å². The minimum atomic E-state index is -3.77. The van der Waals surface area contributed by atoms with Crippen molar-refractivity contribution in [2.45, 2.75) is 4.90 Å². The van der Waals surface area contributed by atoms with E-state index in [-0.39, 0.29) is 23.5 Å². The van der Waals surface area contributed by atoms with Crippen molar-refractivity contribution in [2.24, 2.45) is 0 Å². The van der Waals surface area contributed by atoms with Gasteiger partial charge in [0.2, 0.25) is 10.0 Å². The molecule has 1 aliphatic heterocycles. The summed E-state index contributed by atoms with van der Waals surface area (Å²) in [6, 6.07) is 12.8. The first-order valence-corrected chi connectivity index (χ1v) is 9.54. The first-order valence-electron chi connectivity index (χ1n) is 7.72. The molecule has 1 N–H and O–H groups in total. The molecule has 1 aliphatic rings. The lowest BCUT2D eigenvalue weighted by atomic mass is 10.2. The molecule has 6 nitrogen and oxygen atoms in total. The highest BCUT2D eigenvalue weighted by Crippen LogP contribution is 2.23. The molecule has 0 aromatic heterocycles. The minimum absolute atomic E-state index is 0.0172. The lowest BCUT2D eigenvalue weighted by Crippen LogP contribution is -2.41. The summed E-state index contributed by atoms with van der Waals surface area (Å²) in [4.78, 5) is 12.6. The first-order chi connectivity index (χ1) is 12.0. The number of anilines is 1. The molecule has 25 heavy (non-hydrogen) atoms. The van der Waals surface area contributed by atoms with E-state index in [0.717, 1.165) is 0 Å². The van der Waals surface area contributed by atoms with E-state index >= 15 is 0 Å². The number of benzene rings is 2. The van der Waals surface area contributed by atoms with Crippen LogP contribution in [-0.4, -0.2) is 44.9 Å². The Morgan fingerprint density at radius 3 is 2.52 bits per heavy atom. The zero-order chi connectivity index (χ0) is 17.9. The Labute approximate surface area is 151 Å². The molecule has 0 spiro atoms. The van der Waals surface area contributed by atoms with Crippen LogP contribution in [0.1, 0.15) is 10.4 Å². The summed E-state index contributed by atoms with van der Waals surface area (Å²) in [5.74, 6) is -0.505. The number of morpholine rings is 1. The third-order valence-corrected chi connectivity index (χ3v) is 5.99. The molecule has 1 amide bonds. The van der Waals surface area contributed by atoms with E-state index in [2.05, 4.69) is 5.32 Å². The van der Waals surface area contributed by atoms with Crippen LogP contribution in [0.15, 0.2) is 53.4 Å². The Bertz CT molecular complexity index is 880. The van der Waals surface area contributed by atoms with Gasteiger partial charge in [0.15, 0.2) is 0 Å². The Morgan fingerprint density at radius 1 is 1.08 bits per heavy atom. The van der Waals surface area contributed by atoms with Gasteiger partial charge in [-0.2, -0.15) is 4.31 Å². The molecule has 1 saturated heterocycles. The van der Waals surface area contributed by atoms with Crippen LogP contribution in [0.3, 0.4) is 0 Å². The monoisotopic (exact) mass is 380 g/mol. The Balaban J connectivity index is 1.91. The van der Waals surface area contributed by atoms with Crippen molar-refractivity contribution >= 4 is 33.2 Å². The van der Waals surface area contributed by atoms with Crippen LogP contribution in [0, 0.1) is 0 Å². The number of ether oxygens (including phenoxy) is 1. The van der Waals surface area contributed by atoms with Gasteiger partial charge in [0, 0.05) is 23.8 Å². The SMILES string of the molecule is O=C(Nc1cccc(Cl)c1)c1ccccc1S(=O)(=O)N1CCOCC1. The number of sulfonamides is 1. The summed E-state index contributed by atoms with van der Waals surface area (Å²) in [5, 5.41) is 3.16. The maximum absolute atomic E-state index is 12.9. The number of carbonyl (C=O) groups is 1. The van der Waals surface area contributed by atoms with Gasteiger partial charge in [-0.1, -0.05) is 29.8 Å². The van der Waals surface area contributed by atoms with Crippen molar-refractivity contribution < 1.29 is 17.9 Å². The predicted molar refractivity (Wildman–Crippen MR) is 95.4 cm³/mol. The number of hydrogen-bond donors (Lipinski definition) is 1. The van der Waals surface area contributed by atoms with Gasteiger partial charge in [-0.05, 0) is 30.3 Å². The Morgan fingerprint density at radius 2 is 1.80 bits per heavy atom. The van der Waals surface area contributed by atoms with Crippen LogP contribution in [0.5, 0.6) is 0 Å². The van der Waals surface area contributed by atoms with Gasteiger partial charge in [-0.25, -0.2) is 8.42 Å². The molecule has 0 unspecified atom stereocenters. The summed E-state index contributed by atoms with van der Waals surface area (Å²) in [6.07, 6.45) is 0. The third-order valence-electron chi connectivity index (χ3n) is 3.80. The fraction of sp³-hybridized carbons (Fsp3) is 0.235. The van der Waals surface area contributed by atoms with E-state index in [0.29, 0.717) is 23.9 Å². The zero-order valence-corrected chi connectivity index (χ0v) is 14.9. The molecule has 0 bridgehead atoms. The molecule has 0 radical (unpaired) electrons. The molecule has 1 heterocycles. The van der Waals surface area contributed by atoms with Gasteiger partial charge >= 0.3 is 0 Å². The van der Waals surface area contributed by atoms with Crippen molar-refractivity contribution in [1.29, 1.82) is 0 Å². The molecule has 132 valence electrons. The average Bonchev–Trinajstić information content (AvgIpc) is 2.62. The van der Waals surface area contributed by atoms with Gasteiger partial charge in [-0.15, -0.1) is 0 Å². The number of rotatable bonds is 4. The Kier molecular flexibility index (Phi) is 5.39. The molecule has 8 heteroatoms. The summed E-state index contributed by atoms with van der Waals surface area (Å²) >= 11 is 5.91. The molecular weight excluding hydrogens is 364 g/mol. The average molecular weight is 381 g/mol. The van der Waals surface area contributed by atoms with Crippen molar-refractivity contribution in [2.75, 3.05) is 31.6 Å². The van der Waals surface area contributed by atoms with E-state index in [9.17, 15) is 13.2 Å². The fourth-order valence-corrected chi connectivity index (χ4v) is 4.36. The number of halogens is 1. The second-order valence-corrected chi connectivity index (χ2v) is 7.82. The topological polar surface area (TPSA) is 75.7 Å². The summed E-state index contributed by atoms with van der Waals surface area (Å²) in [7, 11) is -3.77. The van der Waals surface area contributed by atoms with Crippen LogP contribution in [0.2, 0.25) is 5.02 Å². The predicted octanol–water partition coefficient (Wildman–Crippen LogP) is 2.61. The maximum Gasteiger partial charge on any atom is 0.257 e. The quantitative estimate of drug-likeness (QED) is 0.884. The van der Waals surface area contributed by atoms with Crippen LogP contribution >= 0.6 is 11.6 Å². The maximum atomic E-state index is 12.9. The van der Waals surface area contributed by atoms with E-state index in [1.54, 1.807) is 36.4 Å². The molecule has 1 fully saturated rings. The number of carbonyl (C=O) groups excluding carboxylic acids is 1. The highest BCUT2D eigenvalue weighted by atomic mass is 35.5. The van der Waals surface area contributed by atoms with E-state index in [4.69, 9.17) is 16.3 Å². The molecule has 3 rings (SSSR count). The second kappa shape index (κ2) is 7.53. The Hall–Kier alpha value is -1.93. The van der Waals surface area contributed by atoms with Crippen molar-refractivity contribution in [3.8, 4) is 0 Å². The third kappa shape index (κ3) is 4.01. The van der Waals surface area contributed by atoms with E-state index in [1.165, 1.54) is 16.4 Å². The van der Waals surface area contributed by atoms with E-state index < -0.39 is 15.9 Å². The molecule has 2 aromatic rings. The highest BCUT2D eigenvalue weighted by molar-refractivity contribution is 7.89. The molecule has 0 atom stereocenters. The summed E-state index contributed by atoms with van der Waals surface area (Å²) in [6.45, 7) is 1.23. The second-order valence-electron chi connectivity index (χ2n) is 5.48. The lowest BCUT2D eigenvalue weighted by Gasteiger charge is -2.26. The minimum Gasteiger partial charge on any atom is -0.379 e. The molecule has 2 aromatic carbocycles. The van der Waals surface area contributed by atoms with Crippen LogP contribution < -0.4 is 5.32 Å². The number of nitrogens with one attached hydrogen (secondary N) is 1. The van der Waals surface area contributed by atoms with E-state index in [1.807, 2.05) is 0 Å². The van der Waals surface area contributed by atoms with Gasteiger partial charge in [0.05, 0.1) is 23.7 Å². The van der Waals surface area contributed by atoms with Crippen LogP contribution in [0.25, 0.3) is 0 Å². The van der Waals surface area contributed by atoms with Crippen LogP contribution in [-0.2, 0) is 14.8 Å². The fourth-order valence-electron chi connectivity index (χ4n) is 2.57. The number of amides is 1. The number of nitrogens with zero attached hydrogens (tertiary/aromatic N) is 1. The van der Waals surface area contributed by atoms with Crippen LogP contribution in [0.4, 0.5) is 5.69 Å². The molecular formula is C17H17ClN2O4S. The largest absolute Gasteiger partial charge is 0.379 e. The van der Waals surface area contributed by atoms with Crippen molar-refractivity contribution in [3.63, 3.8) is 0 Å². The van der Waals surface area contributed by atoms with Gasteiger partial charge in [0.25, 0.3) is 5.91 Å². The summed E-state index contributed by atoms with van der Waals surface area (Å²) in [5.41, 5.74) is 0.588. The smallest absolute Gasteiger partial charge is 0.257 e. The van der Waals surface area contributed by atoms with Gasteiger partial charge in [0.1, 0.15) is 0 Å². The molecule has 0 aliphatic carbocycles. The highest BCUT2D eigenvalue weighted by Gasteiger charge is 2.30. The standard InChI is InChI=1S/C17H17ClN2O4S/c18-13-4-3-5-14(12-13)19-17(21)15-6-1-2-7-16(15)25(22,23)20-8-10-24-11-9-20/h1-7,12H,8-11H2,(H,19,21). The van der Waals surface area contributed by atoms with Gasteiger partial charge in [-0.3, -0.25) is 4.79 Å².